The molecule has 34 heavy (non-hydrogen) atoms. The van der Waals surface area contributed by atoms with Crippen molar-refractivity contribution < 1.29 is 9.26 Å². The van der Waals surface area contributed by atoms with Crippen molar-refractivity contribution in [3.63, 3.8) is 0 Å². The third-order valence-corrected chi connectivity index (χ3v) is 7.13. The van der Waals surface area contributed by atoms with E-state index in [4.69, 9.17) is 9.26 Å². The molecule has 0 spiro atoms. The molecule has 1 N–H and O–H groups in total. The Morgan fingerprint density at radius 3 is 2.76 bits per heavy atom. The third-order valence-electron chi connectivity index (χ3n) is 5.97. The average molecular weight is 482 g/mol. The van der Waals surface area contributed by atoms with Gasteiger partial charge in [-0.2, -0.15) is 4.98 Å². The Bertz CT molecular complexity index is 1380. The number of aromatic nitrogens is 4. The van der Waals surface area contributed by atoms with E-state index in [1.807, 2.05) is 43.3 Å². The third kappa shape index (κ3) is 4.48. The van der Waals surface area contributed by atoms with Crippen LogP contribution >= 0.6 is 11.3 Å². The van der Waals surface area contributed by atoms with Gasteiger partial charge in [0.25, 0.3) is 5.56 Å². The second-order valence-electron chi connectivity index (χ2n) is 8.37. The first-order valence-electron chi connectivity index (χ1n) is 11.6. The number of rotatable bonds is 8. The van der Waals surface area contributed by atoms with Crippen molar-refractivity contribution in [3.05, 3.63) is 69.0 Å². The molecule has 0 atom stereocenters. The molecular weight excluding hydrogens is 454 g/mol. The first-order chi connectivity index (χ1) is 16.7. The van der Waals surface area contributed by atoms with Gasteiger partial charge in [0, 0.05) is 17.5 Å². The van der Waals surface area contributed by atoms with Crippen molar-refractivity contribution >= 4 is 21.6 Å². The molecule has 9 nitrogen and oxygen atoms in total. The number of ether oxygens (including phenoxy) is 1. The maximum absolute atomic E-state index is 13.7. The van der Waals surface area contributed by atoms with E-state index in [9.17, 15) is 9.59 Å². The number of nitrogens with one attached hydrogen (secondary N) is 1. The number of benzene rings is 1. The van der Waals surface area contributed by atoms with Crippen molar-refractivity contribution in [2.45, 2.75) is 45.4 Å². The highest BCUT2D eigenvalue weighted by Crippen LogP contribution is 2.32. The second kappa shape index (κ2) is 10.0. The molecule has 4 heterocycles. The molecule has 1 fully saturated rings. The fourth-order valence-electron chi connectivity index (χ4n) is 4.30. The second-order valence-corrected chi connectivity index (χ2v) is 9.43. The number of hydrogen-bond donors (Lipinski definition) is 1. The van der Waals surface area contributed by atoms with Gasteiger partial charge in [-0.05, 0) is 44.0 Å². The van der Waals surface area contributed by atoms with Crippen LogP contribution in [0.25, 0.3) is 20.7 Å². The first kappa shape index (κ1) is 22.7. The van der Waals surface area contributed by atoms with E-state index in [0.29, 0.717) is 28.5 Å². The van der Waals surface area contributed by atoms with E-state index >= 15 is 0 Å². The Labute approximate surface area is 200 Å². The summed E-state index contributed by atoms with van der Waals surface area (Å²) in [6.07, 6.45) is 2.37. The lowest BCUT2D eigenvalue weighted by atomic mass is 10.1. The molecule has 0 amide bonds. The van der Waals surface area contributed by atoms with Crippen LogP contribution in [-0.4, -0.2) is 39.0 Å². The number of nitrogens with zero attached hydrogens (tertiary/aromatic N) is 4. The molecule has 1 aliphatic heterocycles. The summed E-state index contributed by atoms with van der Waals surface area (Å²) in [6, 6.07) is 11.6. The van der Waals surface area contributed by atoms with Crippen LogP contribution in [0.1, 0.15) is 43.9 Å². The smallest absolute Gasteiger partial charge is 0.332 e. The summed E-state index contributed by atoms with van der Waals surface area (Å²) in [7, 11) is 0. The highest BCUT2D eigenvalue weighted by atomic mass is 32.1. The van der Waals surface area contributed by atoms with Crippen molar-refractivity contribution in [3.8, 4) is 10.4 Å². The standard InChI is InChI=1S/C24H27N5O4S/c1-2-12-32-15-20-26-21(33-27-20)14-28-18-13-19(16-6-4-3-5-7-16)34-22(18)23(30)29(24(28)31)17-8-10-25-11-9-17/h3-7,13,17,25H,2,8-12,14-15H2,1H3. The van der Waals surface area contributed by atoms with Crippen molar-refractivity contribution in [1.29, 1.82) is 0 Å². The minimum atomic E-state index is -0.344. The van der Waals surface area contributed by atoms with Crippen LogP contribution < -0.4 is 16.6 Å². The molecule has 0 bridgehead atoms. The summed E-state index contributed by atoms with van der Waals surface area (Å²) in [5.41, 5.74) is 1.02. The molecule has 178 valence electrons. The predicted octanol–water partition coefficient (Wildman–Crippen LogP) is 3.17. The lowest BCUT2D eigenvalue weighted by Gasteiger charge is -2.24. The van der Waals surface area contributed by atoms with Gasteiger partial charge in [0.05, 0.1) is 5.52 Å². The predicted molar refractivity (Wildman–Crippen MR) is 130 cm³/mol. The van der Waals surface area contributed by atoms with Gasteiger partial charge in [-0.3, -0.25) is 13.9 Å². The van der Waals surface area contributed by atoms with Crippen LogP contribution in [0.4, 0.5) is 0 Å². The van der Waals surface area contributed by atoms with Gasteiger partial charge in [0.1, 0.15) is 17.9 Å². The topological polar surface area (TPSA) is 104 Å². The SMILES string of the molecule is CCCOCc1noc(Cn2c(=O)n(C3CCNCC3)c(=O)c3sc(-c4ccccc4)cc32)n1. The minimum absolute atomic E-state index is 0.0896. The fraction of sp³-hybridized carbons (Fsp3) is 0.417. The minimum Gasteiger partial charge on any atom is -0.373 e. The quantitative estimate of drug-likeness (QED) is 0.386. The Hall–Kier alpha value is -3.08. The van der Waals surface area contributed by atoms with E-state index in [1.54, 1.807) is 4.57 Å². The van der Waals surface area contributed by atoms with Crippen molar-refractivity contribution in [2.24, 2.45) is 0 Å². The van der Waals surface area contributed by atoms with Crippen LogP contribution in [0.2, 0.25) is 0 Å². The molecule has 0 aliphatic carbocycles. The summed E-state index contributed by atoms with van der Waals surface area (Å²) in [6.45, 7) is 4.54. The van der Waals surface area contributed by atoms with Gasteiger partial charge in [0.2, 0.25) is 5.89 Å². The number of fused-ring (bicyclic) bond motifs is 1. The summed E-state index contributed by atoms with van der Waals surface area (Å²) in [4.78, 5) is 32.5. The van der Waals surface area contributed by atoms with Crippen LogP contribution in [0.3, 0.4) is 0 Å². The summed E-state index contributed by atoms with van der Waals surface area (Å²) < 4.78 is 14.5. The maximum atomic E-state index is 13.7. The highest BCUT2D eigenvalue weighted by molar-refractivity contribution is 7.22. The Morgan fingerprint density at radius 1 is 1.21 bits per heavy atom. The zero-order chi connectivity index (χ0) is 23.5. The zero-order valence-electron chi connectivity index (χ0n) is 19.0. The summed E-state index contributed by atoms with van der Waals surface area (Å²) >= 11 is 1.41. The molecule has 5 rings (SSSR count). The van der Waals surface area contributed by atoms with Crippen molar-refractivity contribution in [1.82, 2.24) is 24.6 Å². The molecule has 0 radical (unpaired) electrons. The lowest BCUT2D eigenvalue weighted by Crippen LogP contribution is -2.45. The zero-order valence-corrected chi connectivity index (χ0v) is 19.8. The number of hydrogen-bond acceptors (Lipinski definition) is 8. The maximum Gasteiger partial charge on any atom is 0.332 e. The van der Waals surface area contributed by atoms with Crippen LogP contribution in [0.5, 0.6) is 0 Å². The molecule has 1 aromatic carbocycles. The van der Waals surface area contributed by atoms with E-state index in [1.165, 1.54) is 15.9 Å². The molecule has 0 saturated carbocycles. The first-order valence-corrected chi connectivity index (χ1v) is 12.4. The summed E-state index contributed by atoms with van der Waals surface area (Å²) in [5.74, 6) is 0.746. The summed E-state index contributed by atoms with van der Waals surface area (Å²) in [5, 5.41) is 7.27. The van der Waals surface area contributed by atoms with E-state index in [0.717, 1.165) is 42.8 Å². The Kier molecular flexibility index (Phi) is 6.70. The Balaban J connectivity index is 1.60. The van der Waals surface area contributed by atoms with Gasteiger partial charge >= 0.3 is 5.69 Å². The van der Waals surface area contributed by atoms with Crippen LogP contribution in [0.15, 0.2) is 50.5 Å². The average Bonchev–Trinajstić information content (AvgIpc) is 3.51. The van der Waals surface area contributed by atoms with E-state index in [2.05, 4.69) is 15.5 Å². The monoisotopic (exact) mass is 481 g/mol. The van der Waals surface area contributed by atoms with Gasteiger partial charge in [-0.25, -0.2) is 4.79 Å². The number of piperidine rings is 1. The molecular formula is C24H27N5O4S. The van der Waals surface area contributed by atoms with Crippen LogP contribution in [0, 0.1) is 0 Å². The molecule has 3 aromatic heterocycles. The highest BCUT2D eigenvalue weighted by Gasteiger charge is 2.24. The lowest BCUT2D eigenvalue weighted by molar-refractivity contribution is 0.114. The van der Waals surface area contributed by atoms with E-state index < -0.39 is 0 Å². The van der Waals surface area contributed by atoms with E-state index in [-0.39, 0.29) is 30.4 Å². The van der Waals surface area contributed by atoms with Gasteiger partial charge in [0.15, 0.2) is 5.82 Å². The van der Waals surface area contributed by atoms with Crippen LogP contribution in [-0.2, 0) is 17.9 Å². The van der Waals surface area contributed by atoms with Gasteiger partial charge < -0.3 is 14.6 Å². The largest absolute Gasteiger partial charge is 0.373 e. The normalized spacial score (nSPS) is 14.7. The van der Waals surface area contributed by atoms with Gasteiger partial charge in [-0.15, -0.1) is 11.3 Å². The molecule has 0 unspecified atom stereocenters. The molecule has 4 aromatic rings. The molecule has 1 saturated heterocycles. The fourth-order valence-corrected chi connectivity index (χ4v) is 5.41. The molecule has 10 heteroatoms. The number of thiophene rings is 1. The van der Waals surface area contributed by atoms with Gasteiger partial charge in [-0.1, -0.05) is 42.4 Å². The Morgan fingerprint density at radius 2 is 2.00 bits per heavy atom. The molecule has 1 aliphatic rings. The van der Waals surface area contributed by atoms with Crippen molar-refractivity contribution in [2.75, 3.05) is 19.7 Å².